The number of amides is 1. The molecule has 1 amide bonds. The molecule has 28 heavy (non-hydrogen) atoms. The summed E-state index contributed by atoms with van der Waals surface area (Å²) in [6, 6.07) is 11.9. The Morgan fingerprint density at radius 2 is 1.71 bits per heavy atom. The van der Waals surface area contributed by atoms with Gasteiger partial charge >= 0.3 is 6.09 Å². The van der Waals surface area contributed by atoms with Gasteiger partial charge in [0, 0.05) is 25.5 Å². The highest BCUT2D eigenvalue weighted by Gasteiger charge is 2.39. The van der Waals surface area contributed by atoms with Crippen molar-refractivity contribution in [1.29, 1.82) is 0 Å². The standard InChI is InChI=1S/C23H26N2O3/c1-23(2,3)28-22(26)25-14-18-12-17(13-19(18)15-25)16-4-6-20(7-5-16)27-21-8-10-24-11-9-21/h4-12,18-19H,13-15H2,1-3H3. The van der Waals surface area contributed by atoms with Crippen molar-refractivity contribution in [2.24, 2.45) is 11.8 Å². The van der Waals surface area contributed by atoms with Gasteiger partial charge in [0.2, 0.25) is 0 Å². The van der Waals surface area contributed by atoms with Crippen molar-refractivity contribution in [2.75, 3.05) is 13.1 Å². The number of carbonyl (C=O) groups is 1. The van der Waals surface area contributed by atoms with Crippen molar-refractivity contribution in [3.8, 4) is 11.5 Å². The van der Waals surface area contributed by atoms with Gasteiger partial charge in [-0.05, 0) is 74.4 Å². The number of fused-ring (bicyclic) bond motifs is 1. The molecule has 2 aliphatic rings. The van der Waals surface area contributed by atoms with E-state index in [-0.39, 0.29) is 6.09 Å². The first-order valence-electron chi connectivity index (χ1n) is 9.74. The van der Waals surface area contributed by atoms with Gasteiger partial charge in [0.1, 0.15) is 17.1 Å². The van der Waals surface area contributed by atoms with E-state index in [0.717, 1.165) is 31.0 Å². The third-order valence-electron chi connectivity index (χ3n) is 5.15. The molecule has 1 aliphatic carbocycles. The van der Waals surface area contributed by atoms with Gasteiger partial charge in [-0.3, -0.25) is 4.98 Å². The van der Waals surface area contributed by atoms with Crippen LogP contribution in [0.3, 0.4) is 0 Å². The minimum Gasteiger partial charge on any atom is -0.457 e. The summed E-state index contributed by atoms with van der Waals surface area (Å²) in [7, 11) is 0. The molecule has 5 heteroatoms. The molecule has 2 unspecified atom stereocenters. The van der Waals surface area contributed by atoms with Gasteiger partial charge in [-0.25, -0.2) is 4.79 Å². The van der Waals surface area contributed by atoms with E-state index in [1.807, 2.05) is 49.9 Å². The molecule has 0 saturated carbocycles. The van der Waals surface area contributed by atoms with Gasteiger partial charge in [-0.1, -0.05) is 18.2 Å². The largest absolute Gasteiger partial charge is 0.457 e. The molecule has 146 valence electrons. The highest BCUT2D eigenvalue weighted by Crippen LogP contribution is 2.41. The average Bonchev–Trinajstić information content (AvgIpc) is 3.21. The third-order valence-corrected chi connectivity index (χ3v) is 5.15. The van der Waals surface area contributed by atoms with Crippen LogP contribution in [-0.2, 0) is 4.74 Å². The number of hydrogen-bond acceptors (Lipinski definition) is 4. The smallest absolute Gasteiger partial charge is 0.410 e. The van der Waals surface area contributed by atoms with Gasteiger partial charge < -0.3 is 14.4 Å². The Balaban J connectivity index is 1.38. The molecule has 2 atom stereocenters. The second-order valence-corrected chi connectivity index (χ2v) is 8.51. The van der Waals surface area contributed by atoms with E-state index in [4.69, 9.17) is 9.47 Å². The van der Waals surface area contributed by atoms with Crippen molar-refractivity contribution in [3.63, 3.8) is 0 Å². The zero-order valence-corrected chi connectivity index (χ0v) is 16.6. The van der Waals surface area contributed by atoms with E-state index in [9.17, 15) is 4.79 Å². The maximum Gasteiger partial charge on any atom is 0.410 e. The second-order valence-electron chi connectivity index (χ2n) is 8.51. The van der Waals surface area contributed by atoms with Crippen LogP contribution in [0, 0.1) is 11.8 Å². The summed E-state index contributed by atoms with van der Waals surface area (Å²) in [6.45, 7) is 7.22. The maximum atomic E-state index is 12.3. The number of likely N-dealkylation sites (tertiary alicyclic amines) is 1. The second kappa shape index (κ2) is 7.30. The van der Waals surface area contributed by atoms with E-state index in [1.54, 1.807) is 12.4 Å². The van der Waals surface area contributed by atoms with E-state index < -0.39 is 5.60 Å². The molecule has 0 radical (unpaired) electrons. The predicted octanol–water partition coefficient (Wildman–Crippen LogP) is 5.14. The fraction of sp³-hybridized carbons (Fsp3) is 0.391. The molecule has 1 aromatic heterocycles. The molecule has 2 aromatic rings. The van der Waals surface area contributed by atoms with Crippen LogP contribution in [0.5, 0.6) is 11.5 Å². The van der Waals surface area contributed by atoms with Crippen LogP contribution in [0.25, 0.3) is 5.57 Å². The summed E-state index contributed by atoms with van der Waals surface area (Å²) in [5.74, 6) is 2.48. The molecule has 1 saturated heterocycles. The zero-order valence-electron chi connectivity index (χ0n) is 16.6. The number of allylic oxidation sites excluding steroid dienone is 1. The number of pyridine rings is 1. The predicted molar refractivity (Wildman–Crippen MR) is 108 cm³/mol. The van der Waals surface area contributed by atoms with Crippen LogP contribution < -0.4 is 4.74 Å². The van der Waals surface area contributed by atoms with Crippen molar-refractivity contribution >= 4 is 11.7 Å². The normalized spacial score (nSPS) is 21.2. The summed E-state index contributed by atoms with van der Waals surface area (Å²) in [5.41, 5.74) is 2.13. The van der Waals surface area contributed by atoms with E-state index >= 15 is 0 Å². The number of ether oxygens (including phenoxy) is 2. The molecule has 2 heterocycles. The minimum atomic E-state index is -0.449. The van der Waals surface area contributed by atoms with Gasteiger partial charge in [-0.15, -0.1) is 0 Å². The maximum absolute atomic E-state index is 12.3. The van der Waals surface area contributed by atoms with E-state index in [0.29, 0.717) is 11.8 Å². The summed E-state index contributed by atoms with van der Waals surface area (Å²) < 4.78 is 11.3. The van der Waals surface area contributed by atoms with E-state index in [2.05, 4.69) is 23.2 Å². The first-order valence-corrected chi connectivity index (χ1v) is 9.74. The highest BCUT2D eigenvalue weighted by atomic mass is 16.6. The summed E-state index contributed by atoms with van der Waals surface area (Å²) >= 11 is 0. The number of rotatable bonds is 3. The van der Waals surface area contributed by atoms with Crippen LogP contribution in [0.4, 0.5) is 4.79 Å². The summed E-state index contributed by atoms with van der Waals surface area (Å²) in [5, 5.41) is 0. The van der Waals surface area contributed by atoms with Crippen LogP contribution in [0.15, 0.2) is 54.9 Å². The van der Waals surface area contributed by atoms with Crippen molar-refractivity contribution in [2.45, 2.75) is 32.8 Å². The molecule has 0 bridgehead atoms. The molecule has 1 aromatic carbocycles. The van der Waals surface area contributed by atoms with E-state index in [1.165, 1.54) is 11.1 Å². The molecule has 1 aliphatic heterocycles. The molecule has 5 nitrogen and oxygen atoms in total. The number of hydrogen-bond donors (Lipinski definition) is 0. The van der Waals surface area contributed by atoms with Crippen molar-refractivity contribution in [3.05, 3.63) is 60.4 Å². The monoisotopic (exact) mass is 378 g/mol. The van der Waals surface area contributed by atoms with Crippen LogP contribution in [0.2, 0.25) is 0 Å². The lowest BCUT2D eigenvalue weighted by atomic mass is 9.98. The van der Waals surface area contributed by atoms with Gasteiger partial charge in [-0.2, -0.15) is 0 Å². The van der Waals surface area contributed by atoms with Crippen LogP contribution in [-0.4, -0.2) is 34.7 Å². The Labute approximate surface area is 166 Å². The molecular weight excluding hydrogens is 352 g/mol. The third kappa shape index (κ3) is 4.19. The number of aromatic nitrogens is 1. The Kier molecular flexibility index (Phi) is 4.84. The zero-order chi connectivity index (χ0) is 19.7. The lowest BCUT2D eigenvalue weighted by Crippen LogP contribution is -2.35. The molecule has 0 spiro atoms. The number of benzene rings is 1. The van der Waals surface area contributed by atoms with Gasteiger partial charge in [0.25, 0.3) is 0 Å². The van der Waals surface area contributed by atoms with Gasteiger partial charge in [0.15, 0.2) is 0 Å². The lowest BCUT2D eigenvalue weighted by molar-refractivity contribution is 0.0285. The quantitative estimate of drug-likeness (QED) is 0.742. The Morgan fingerprint density at radius 3 is 2.36 bits per heavy atom. The Hall–Kier alpha value is -2.82. The molecule has 0 N–H and O–H groups in total. The summed E-state index contributed by atoms with van der Waals surface area (Å²) in [4.78, 5) is 18.1. The topological polar surface area (TPSA) is 51.7 Å². The van der Waals surface area contributed by atoms with Crippen molar-refractivity contribution < 1.29 is 14.3 Å². The minimum absolute atomic E-state index is 0.200. The first kappa shape index (κ1) is 18.5. The lowest BCUT2D eigenvalue weighted by Gasteiger charge is -2.24. The number of carbonyl (C=O) groups excluding carboxylic acids is 1. The number of nitrogens with zero attached hydrogens (tertiary/aromatic N) is 2. The molecule has 4 rings (SSSR count). The molecular formula is C23H26N2O3. The Morgan fingerprint density at radius 1 is 1.04 bits per heavy atom. The fourth-order valence-electron chi connectivity index (χ4n) is 3.88. The highest BCUT2D eigenvalue weighted by molar-refractivity contribution is 5.72. The van der Waals surface area contributed by atoms with Gasteiger partial charge in [0.05, 0.1) is 0 Å². The van der Waals surface area contributed by atoms with Crippen molar-refractivity contribution in [1.82, 2.24) is 9.88 Å². The SMILES string of the molecule is CC(C)(C)OC(=O)N1CC2C=C(c3ccc(Oc4ccncc4)cc3)CC2C1. The average molecular weight is 378 g/mol. The van der Waals surface area contributed by atoms with Crippen LogP contribution in [0.1, 0.15) is 32.8 Å². The first-order chi connectivity index (χ1) is 13.4. The molecule has 1 fully saturated rings. The van der Waals surface area contributed by atoms with Crippen LogP contribution >= 0.6 is 0 Å². The fourth-order valence-corrected chi connectivity index (χ4v) is 3.88. The Bertz CT molecular complexity index is 869. The summed E-state index contributed by atoms with van der Waals surface area (Å²) in [6.07, 6.45) is 6.55.